The third-order valence-electron chi connectivity index (χ3n) is 9.05. The van der Waals surface area contributed by atoms with Gasteiger partial charge in [0, 0.05) is 24.9 Å². The van der Waals surface area contributed by atoms with Gasteiger partial charge in [0.1, 0.15) is 18.2 Å². The van der Waals surface area contributed by atoms with E-state index in [1.165, 1.54) is 0 Å². The molecule has 1 N–H and O–H groups in total. The van der Waals surface area contributed by atoms with Crippen LogP contribution in [0, 0.1) is 11.8 Å². The summed E-state index contributed by atoms with van der Waals surface area (Å²) in [6.45, 7) is 8.99. The number of likely N-dealkylation sites (tertiary alicyclic amines) is 1. The minimum atomic E-state index is -0.696. The first-order valence-corrected chi connectivity index (χ1v) is 16.4. The van der Waals surface area contributed by atoms with Crippen LogP contribution in [0.4, 0.5) is 0 Å². The van der Waals surface area contributed by atoms with E-state index in [1.807, 2.05) is 30.3 Å². The summed E-state index contributed by atoms with van der Waals surface area (Å²) in [5.41, 5.74) is 1.55. The normalized spacial score (nSPS) is 25.7. The van der Waals surface area contributed by atoms with Crippen LogP contribution in [0.5, 0.6) is 0 Å². The second-order valence-corrected chi connectivity index (χ2v) is 13.3. The van der Waals surface area contributed by atoms with Gasteiger partial charge in [-0.1, -0.05) is 42.3 Å². The van der Waals surface area contributed by atoms with Crippen LogP contribution in [0.2, 0.25) is 0 Å². The van der Waals surface area contributed by atoms with E-state index in [1.54, 1.807) is 32.3 Å². The Balaban J connectivity index is 1.41. The molecule has 0 radical (unpaired) electrons. The molecule has 43 heavy (non-hydrogen) atoms. The molecule has 1 spiro atoms. The number of aliphatic hydroxyl groups is 1. The number of amides is 2. The number of aliphatic hydroxyl groups excluding tert-OH is 1. The lowest BCUT2D eigenvalue weighted by atomic mass is 9.71. The van der Waals surface area contributed by atoms with E-state index in [-0.39, 0.29) is 42.9 Å². The summed E-state index contributed by atoms with van der Waals surface area (Å²) in [6, 6.07) is 6.90. The largest absolute Gasteiger partial charge is 0.465 e. The maximum absolute atomic E-state index is 14.6. The number of carbonyl (C=O) groups excluding carboxylic acids is 3. The number of aromatic nitrogens is 3. The van der Waals surface area contributed by atoms with Crippen molar-refractivity contribution in [1.82, 2.24) is 24.8 Å². The fraction of sp³-hybridized carbons (Fsp3) is 0.594. The lowest BCUT2D eigenvalue weighted by molar-refractivity contribution is -0.154. The zero-order valence-electron chi connectivity index (χ0n) is 24.8. The zero-order chi connectivity index (χ0) is 30.4. The smallest absolute Gasteiger partial charge is 0.310 e. The summed E-state index contributed by atoms with van der Waals surface area (Å²) >= 11 is 1.65. The maximum Gasteiger partial charge on any atom is 0.310 e. The summed E-state index contributed by atoms with van der Waals surface area (Å²) in [7, 11) is 0. The minimum Gasteiger partial charge on any atom is -0.465 e. The van der Waals surface area contributed by atoms with E-state index in [9.17, 15) is 19.5 Å². The van der Waals surface area contributed by atoms with Crippen molar-refractivity contribution in [1.29, 1.82) is 0 Å². The number of thioether (sulfide) groups is 1. The third kappa shape index (κ3) is 6.11. The molecular formula is C32H43N5O5S. The van der Waals surface area contributed by atoms with Crippen molar-refractivity contribution in [2.75, 3.05) is 26.3 Å². The SMILES string of the molecule is C=CCCCCOC(=O)[C@@H]1[C@@H]2CCC3(S2)C(C(=O)N(CC=C)Cn2nnc4ccccc42)N(CCCCCCO)C(=O)[C@H]13. The number of unbranched alkanes of at least 4 members (excludes halogenated alkanes) is 5. The van der Waals surface area contributed by atoms with Crippen molar-refractivity contribution >= 4 is 40.6 Å². The van der Waals surface area contributed by atoms with Crippen molar-refractivity contribution in [2.45, 2.75) is 80.5 Å². The van der Waals surface area contributed by atoms with Crippen LogP contribution in [0.25, 0.3) is 11.0 Å². The second-order valence-electron chi connectivity index (χ2n) is 11.7. The molecule has 3 aliphatic heterocycles. The molecule has 5 rings (SSSR count). The summed E-state index contributed by atoms with van der Waals surface area (Å²) in [5, 5.41) is 17.7. The predicted octanol–water partition coefficient (Wildman–Crippen LogP) is 3.95. The minimum absolute atomic E-state index is 0.0382. The molecule has 5 atom stereocenters. The highest BCUT2D eigenvalue weighted by Crippen LogP contribution is 2.66. The number of allylic oxidation sites excluding steroid dienone is 1. The van der Waals surface area contributed by atoms with Crippen LogP contribution in [0.15, 0.2) is 49.6 Å². The maximum atomic E-state index is 14.6. The quantitative estimate of drug-likeness (QED) is 0.163. The molecule has 4 heterocycles. The van der Waals surface area contributed by atoms with Crippen molar-refractivity contribution in [3.8, 4) is 0 Å². The van der Waals surface area contributed by atoms with Crippen LogP contribution in [-0.4, -0.2) is 90.0 Å². The second kappa shape index (κ2) is 14.1. The van der Waals surface area contributed by atoms with Gasteiger partial charge in [0.25, 0.3) is 0 Å². The topological polar surface area (TPSA) is 118 Å². The van der Waals surface area contributed by atoms with Gasteiger partial charge < -0.3 is 19.6 Å². The summed E-state index contributed by atoms with van der Waals surface area (Å²) in [6.07, 6.45) is 10.7. The number of hydrogen-bond acceptors (Lipinski definition) is 8. The fourth-order valence-corrected chi connectivity index (χ4v) is 9.28. The van der Waals surface area contributed by atoms with Gasteiger partial charge in [-0.05, 0) is 57.1 Å². The molecule has 232 valence electrons. The Hall–Kier alpha value is -3.18. The monoisotopic (exact) mass is 609 g/mol. The summed E-state index contributed by atoms with van der Waals surface area (Å²) < 4.78 is 6.75. The molecule has 1 aromatic carbocycles. The number of nitrogens with zero attached hydrogens (tertiary/aromatic N) is 5. The molecule has 0 aliphatic carbocycles. The Labute approximate surface area is 257 Å². The molecule has 3 aliphatic rings. The predicted molar refractivity (Wildman–Crippen MR) is 166 cm³/mol. The number of esters is 1. The summed E-state index contributed by atoms with van der Waals surface area (Å²) in [5.74, 6) is -1.72. The van der Waals surface area contributed by atoms with Crippen molar-refractivity contribution in [3.63, 3.8) is 0 Å². The molecule has 2 aromatic rings. The van der Waals surface area contributed by atoms with Crippen molar-refractivity contribution in [3.05, 3.63) is 49.6 Å². The van der Waals surface area contributed by atoms with Gasteiger partial charge >= 0.3 is 5.97 Å². The van der Waals surface area contributed by atoms with E-state index < -0.39 is 22.6 Å². The Morgan fingerprint density at radius 2 is 1.95 bits per heavy atom. The molecular weight excluding hydrogens is 566 g/mol. The van der Waals surface area contributed by atoms with Gasteiger partial charge in [-0.25, -0.2) is 4.68 Å². The molecule has 2 amide bonds. The van der Waals surface area contributed by atoms with E-state index in [0.29, 0.717) is 26.0 Å². The summed E-state index contributed by atoms with van der Waals surface area (Å²) in [4.78, 5) is 45.8. The average Bonchev–Trinajstić information content (AvgIpc) is 3.76. The number of rotatable bonds is 17. The van der Waals surface area contributed by atoms with Crippen LogP contribution < -0.4 is 0 Å². The van der Waals surface area contributed by atoms with Gasteiger partial charge in [-0.15, -0.1) is 30.0 Å². The molecule has 10 nitrogen and oxygen atoms in total. The fourth-order valence-electron chi connectivity index (χ4n) is 7.08. The van der Waals surface area contributed by atoms with Gasteiger partial charge in [0.15, 0.2) is 0 Å². The van der Waals surface area contributed by atoms with E-state index in [4.69, 9.17) is 4.74 Å². The van der Waals surface area contributed by atoms with Gasteiger partial charge in [0.2, 0.25) is 11.8 Å². The molecule has 0 saturated carbocycles. The van der Waals surface area contributed by atoms with Gasteiger partial charge in [-0.2, -0.15) is 0 Å². The molecule has 3 fully saturated rings. The zero-order valence-corrected chi connectivity index (χ0v) is 25.6. The number of hydrogen-bond donors (Lipinski definition) is 1. The Morgan fingerprint density at radius 1 is 1.14 bits per heavy atom. The van der Waals surface area contributed by atoms with Crippen molar-refractivity contribution < 1.29 is 24.2 Å². The Morgan fingerprint density at radius 3 is 2.74 bits per heavy atom. The number of ether oxygens (including phenoxy) is 1. The number of fused-ring (bicyclic) bond motifs is 2. The first-order chi connectivity index (χ1) is 21.0. The molecule has 11 heteroatoms. The van der Waals surface area contributed by atoms with E-state index in [2.05, 4.69) is 23.5 Å². The number of carbonyl (C=O) groups is 3. The Bertz CT molecular complexity index is 1330. The van der Waals surface area contributed by atoms with E-state index >= 15 is 0 Å². The van der Waals surface area contributed by atoms with Crippen LogP contribution >= 0.6 is 11.8 Å². The lowest BCUT2D eigenvalue weighted by Gasteiger charge is -2.37. The average molecular weight is 610 g/mol. The van der Waals surface area contributed by atoms with Crippen LogP contribution in [-0.2, 0) is 25.8 Å². The van der Waals surface area contributed by atoms with Gasteiger partial charge in [-0.3, -0.25) is 14.4 Å². The Kier molecular flexibility index (Phi) is 10.2. The standard InChI is InChI=1S/C32H43N5O5S/c1-3-5-6-13-21-42-31(41)26-25-16-17-32(43-25)27(26)29(39)36(19-11-7-8-12-20-38)28(32)30(40)35(18-4-2)22-37-24-15-10-9-14-23(24)33-34-37/h3-4,9-10,14-15,25-28,38H,1-2,5-8,11-13,16-22H2/t25-,26+,27-,28?,32?/m0/s1. The number of benzene rings is 1. The first-order valence-electron chi connectivity index (χ1n) is 15.5. The van der Waals surface area contributed by atoms with E-state index in [0.717, 1.165) is 56.0 Å². The highest BCUT2D eigenvalue weighted by atomic mass is 32.2. The third-order valence-corrected chi connectivity index (χ3v) is 11.0. The molecule has 1 aromatic heterocycles. The highest BCUT2D eigenvalue weighted by molar-refractivity contribution is 8.02. The van der Waals surface area contributed by atoms with Crippen molar-refractivity contribution in [2.24, 2.45) is 11.8 Å². The molecule has 3 saturated heterocycles. The molecule has 2 bridgehead atoms. The first kappa shape index (κ1) is 31.3. The number of para-hydroxylation sites is 1. The lowest BCUT2D eigenvalue weighted by Crippen LogP contribution is -2.55. The highest BCUT2D eigenvalue weighted by Gasteiger charge is 2.74. The van der Waals surface area contributed by atoms with Gasteiger partial charge in [0.05, 0.1) is 28.7 Å². The molecule has 2 unspecified atom stereocenters. The van der Waals surface area contributed by atoms with Crippen LogP contribution in [0.1, 0.15) is 57.8 Å². The van der Waals surface area contributed by atoms with Crippen LogP contribution in [0.3, 0.4) is 0 Å².